The maximum Gasteiger partial charge on any atom is 0.227 e. The second kappa shape index (κ2) is 8.22. The van der Waals surface area contributed by atoms with Crippen molar-refractivity contribution in [3.63, 3.8) is 0 Å². The summed E-state index contributed by atoms with van der Waals surface area (Å²) < 4.78 is 12.9. The summed E-state index contributed by atoms with van der Waals surface area (Å²) in [6.45, 7) is 3.68. The first-order valence-electron chi connectivity index (χ1n) is 6.70. The molecule has 0 bridgehead atoms. The first-order valence-corrected chi connectivity index (χ1v) is 7.52. The molecule has 4 nitrogen and oxygen atoms in total. The average Bonchev–Trinajstić information content (AvgIpc) is 2.71. The quantitative estimate of drug-likeness (QED) is 0.875. The van der Waals surface area contributed by atoms with Crippen LogP contribution in [0.2, 0.25) is 0 Å². The van der Waals surface area contributed by atoms with Gasteiger partial charge in [-0.2, -0.15) is 0 Å². The Morgan fingerprint density at radius 2 is 2.05 bits per heavy atom. The van der Waals surface area contributed by atoms with Crippen LogP contribution in [0, 0.1) is 12.7 Å². The number of hydrogen-bond donors (Lipinski definition) is 2. The van der Waals surface area contributed by atoms with Crippen molar-refractivity contribution in [3.05, 3.63) is 46.2 Å². The monoisotopic (exact) mass is 343 g/mol. The summed E-state index contributed by atoms with van der Waals surface area (Å²) in [5, 5.41) is 3.34. The van der Waals surface area contributed by atoms with Crippen molar-refractivity contribution in [2.45, 2.75) is 32.7 Å². The second-order valence-corrected chi connectivity index (χ2v) is 6.14. The maximum atomic E-state index is 12.9. The number of benzene rings is 1. The largest absolute Gasteiger partial charge is 0.327 e. The van der Waals surface area contributed by atoms with Crippen LogP contribution >= 0.6 is 23.7 Å². The molecule has 0 aliphatic rings. The molecule has 0 aliphatic carbocycles. The molecule has 1 aromatic carbocycles. The molecule has 0 spiro atoms. The third kappa shape index (κ3) is 5.36. The summed E-state index contributed by atoms with van der Waals surface area (Å²) in [5.41, 5.74) is 7.47. The lowest BCUT2D eigenvalue weighted by Gasteiger charge is -2.03. The molecule has 1 heterocycles. The Bertz CT molecular complexity index is 628. The lowest BCUT2D eigenvalue weighted by atomic mass is 10.1. The van der Waals surface area contributed by atoms with Gasteiger partial charge in [0.25, 0.3) is 0 Å². The number of rotatable bonds is 5. The van der Waals surface area contributed by atoms with E-state index in [1.807, 2.05) is 6.92 Å². The molecule has 0 aliphatic heterocycles. The lowest BCUT2D eigenvalue weighted by molar-refractivity contribution is -0.116. The fourth-order valence-corrected chi connectivity index (χ4v) is 2.91. The Morgan fingerprint density at radius 1 is 1.41 bits per heavy atom. The molecule has 1 unspecified atom stereocenters. The molecule has 1 aromatic heterocycles. The number of carbonyl (C=O) groups is 1. The van der Waals surface area contributed by atoms with Crippen LogP contribution in [0.25, 0.3) is 0 Å². The molecule has 2 aromatic rings. The van der Waals surface area contributed by atoms with Gasteiger partial charge in [0.1, 0.15) is 5.82 Å². The number of anilines is 1. The van der Waals surface area contributed by atoms with Gasteiger partial charge in [0, 0.05) is 23.8 Å². The summed E-state index contributed by atoms with van der Waals surface area (Å²) in [4.78, 5) is 17.1. The molecule has 120 valence electrons. The summed E-state index contributed by atoms with van der Waals surface area (Å²) in [6, 6.07) is 6.21. The maximum absolute atomic E-state index is 12.9. The van der Waals surface area contributed by atoms with Gasteiger partial charge in [-0.05, 0) is 31.5 Å². The molecular weight excluding hydrogens is 325 g/mol. The number of carbonyl (C=O) groups excluding carboxylic acids is 1. The zero-order valence-electron chi connectivity index (χ0n) is 12.4. The van der Waals surface area contributed by atoms with E-state index in [1.165, 1.54) is 23.5 Å². The predicted molar refractivity (Wildman–Crippen MR) is 90.2 cm³/mol. The summed E-state index contributed by atoms with van der Waals surface area (Å²) in [7, 11) is 0. The molecule has 0 fully saturated rings. The number of hydrogen-bond acceptors (Lipinski definition) is 4. The first kappa shape index (κ1) is 18.5. The number of nitrogens with two attached hydrogens (primary N) is 1. The van der Waals surface area contributed by atoms with Crippen molar-refractivity contribution in [1.29, 1.82) is 0 Å². The van der Waals surface area contributed by atoms with E-state index in [9.17, 15) is 9.18 Å². The minimum Gasteiger partial charge on any atom is -0.327 e. The zero-order valence-corrected chi connectivity index (χ0v) is 14.1. The minimum absolute atomic E-state index is 0. The molecule has 1 atom stereocenters. The van der Waals surface area contributed by atoms with Gasteiger partial charge in [0.15, 0.2) is 5.13 Å². The molecule has 1 amide bonds. The van der Waals surface area contributed by atoms with E-state index < -0.39 is 0 Å². The van der Waals surface area contributed by atoms with E-state index in [4.69, 9.17) is 5.73 Å². The Kier molecular flexibility index (Phi) is 6.93. The number of thiazole rings is 1. The summed E-state index contributed by atoms with van der Waals surface area (Å²) in [5.74, 6) is -0.379. The van der Waals surface area contributed by atoms with Gasteiger partial charge in [-0.25, -0.2) is 9.37 Å². The third-order valence-electron chi connectivity index (χ3n) is 2.92. The van der Waals surface area contributed by atoms with Gasteiger partial charge in [-0.15, -0.1) is 23.7 Å². The smallest absolute Gasteiger partial charge is 0.227 e. The highest BCUT2D eigenvalue weighted by Crippen LogP contribution is 2.25. The topological polar surface area (TPSA) is 68.0 Å². The highest BCUT2D eigenvalue weighted by molar-refractivity contribution is 7.15. The van der Waals surface area contributed by atoms with E-state index in [2.05, 4.69) is 10.3 Å². The van der Waals surface area contributed by atoms with Crippen LogP contribution in [0.1, 0.15) is 29.5 Å². The number of aryl methyl sites for hydroxylation is 1. The molecule has 22 heavy (non-hydrogen) atoms. The fourth-order valence-electron chi connectivity index (χ4n) is 1.90. The van der Waals surface area contributed by atoms with Crippen LogP contribution in [0.4, 0.5) is 9.52 Å². The van der Waals surface area contributed by atoms with Gasteiger partial charge >= 0.3 is 0 Å². The number of amides is 1. The summed E-state index contributed by atoms with van der Waals surface area (Å²) in [6.07, 6.45) is 0.943. The van der Waals surface area contributed by atoms with Crippen molar-refractivity contribution < 1.29 is 9.18 Å². The molecule has 0 saturated carbocycles. The van der Waals surface area contributed by atoms with E-state index in [0.717, 1.165) is 16.1 Å². The van der Waals surface area contributed by atoms with Gasteiger partial charge in [0.2, 0.25) is 5.91 Å². The van der Waals surface area contributed by atoms with Crippen molar-refractivity contribution >= 4 is 34.8 Å². The van der Waals surface area contributed by atoms with Crippen molar-refractivity contribution in [2.24, 2.45) is 5.73 Å². The second-order valence-electron chi connectivity index (χ2n) is 5.06. The third-order valence-corrected chi connectivity index (χ3v) is 4.00. The zero-order chi connectivity index (χ0) is 15.4. The van der Waals surface area contributed by atoms with Gasteiger partial charge < -0.3 is 11.1 Å². The normalized spacial score (nSPS) is 11.6. The van der Waals surface area contributed by atoms with E-state index in [0.29, 0.717) is 11.6 Å². The molecule has 2 rings (SSSR count). The average molecular weight is 344 g/mol. The van der Waals surface area contributed by atoms with Gasteiger partial charge in [-0.1, -0.05) is 12.1 Å². The molecule has 0 saturated heterocycles. The van der Waals surface area contributed by atoms with Crippen LogP contribution in [-0.4, -0.2) is 16.9 Å². The number of nitrogens with one attached hydrogen (secondary N) is 1. The van der Waals surface area contributed by atoms with Crippen molar-refractivity contribution in [1.82, 2.24) is 4.98 Å². The highest BCUT2D eigenvalue weighted by Gasteiger charge is 2.12. The SMILES string of the molecule is Cc1nc(NC(=O)CC(C)N)sc1Cc1ccc(F)cc1.Cl. The van der Waals surface area contributed by atoms with E-state index in [1.54, 1.807) is 19.1 Å². The van der Waals surface area contributed by atoms with Crippen LogP contribution < -0.4 is 11.1 Å². The van der Waals surface area contributed by atoms with Crippen molar-refractivity contribution in [2.75, 3.05) is 5.32 Å². The Balaban J connectivity index is 0.00000242. The Morgan fingerprint density at radius 3 is 2.64 bits per heavy atom. The lowest BCUT2D eigenvalue weighted by Crippen LogP contribution is -2.23. The van der Waals surface area contributed by atoms with Crippen molar-refractivity contribution in [3.8, 4) is 0 Å². The molecule has 3 N–H and O–H groups in total. The predicted octanol–water partition coefficient (Wildman–Crippen LogP) is 3.28. The standard InChI is InChI=1S/C15H18FN3OS.ClH/c1-9(17)7-14(20)19-15-18-10(2)13(21-15)8-11-3-5-12(16)6-4-11;/h3-6,9H,7-8,17H2,1-2H3,(H,18,19,20);1H. The fraction of sp³-hybridized carbons (Fsp3) is 0.333. The van der Waals surface area contributed by atoms with Crippen LogP contribution in [0.3, 0.4) is 0 Å². The van der Waals surface area contributed by atoms with Crippen LogP contribution in [0.15, 0.2) is 24.3 Å². The number of nitrogens with zero attached hydrogens (tertiary/aromatic N) is 1. The number of halogens is 2. The highest BCUT2D eigenvalue weighted by atomic mass is 35.5. The molecule has 0 radical (unpaired) electrons. The van der Waals surface area contributed by atoms with Gasteiger partial charge in [0.05, 0.1) is 5.69 Å². The minimum atomic E-state index is -0.247. The number of aromatic nitrogens is 1. The van der Waals surface area contributed by atoms with Crippen LogP contribution in [-0.2, 0) is 11.2 Å². The Hall–Kier alpha value is -1.50. The van der Waals surface area contributed by atoms with Crippen LogP contribution in [0.5, 0.6) is 0 Å². The molecular formula is C15H19ClFN3OS. The Labute approximate surface area is 139 Å². The first-order chi connectivity index (χ1) is 9.94. The van der Waals surface area contributed by atoms with Gasteiger partial charge in [-0.3, -0.25) is 4.79 Å². The van der Waals surface area contributed by atoms with E-state index in [-0.39, 0.29) is 36.6 Å². The molecule has 7 heteroatoms. The van der Waals surface area contributed by atoms with E-state index >= 15 is 0 Å². The summed E-state index contributed by atoms with van der Waals surface area (Å²) >= 11 is 1.44.